The first-order valence-corrected chi connectivity index (χ1v) is 13.3. The fourth-order valence-corrected chi connectivity index (χ4v) is 3.78. The van der Waals surface area contributed by atoms with E-state index >= 15 is 0 Å². The molecule has 0 bridgehead atoms. The van der Waals surface area contributed by atoms with E-state index in [1.165, 1.54) is 12.1 Å². The number of nitrogens with one attached hydrogen (secondary N) is 1. The minimum Gasteiger partial charge on any atom is -0.481 e. The minimum absolute atomic E-state index is 0.127. The molecule has 0 saturated heterocycles. The van der Waals surface area contributed by atoms with Crippen molar-refractivity contribution in [1.82, 2.24) is 25.6 Å². The van der Waals surface area contributed by atoms with Crippen molar-refractivity contribution in [2.75, 3.05) is 13.2 Å². The second kappa shape index (κ2) is 12.9. The fourth-order valence-electron chi connectivity index (χ4n) is 3.78. The van der Waals surface area contributed by atoms with E-state index in [9.17, 15) is 14.0 Å². The molecule has 2 aromatic carbocycles. The molecule has 1 amide bonds. The molecule has 1 atom stereocenters. The van der Waals surface area contributed by atoms with Gasteiger partial charge in [-0.05, 0) is 56.7 Å². The smallest absolute Gasteiger partial charge is 0.331 e. The van der Waals surface area contributed by atoms with Crippen molar-refractivity contribution in [3.63, 3.8) is 0 Å². The molecule has 0 radical (unpaired) electrons. The maximum absolute atomic E-state index is 14.9. The molecule has 0 saturated carbocycles. The zero-order valence-corrected chi connectivity index (χ0v) is 23.9. The van der Waals surface area contributed by atoms with Gasteiger partial charge in [0.25, 0.3) is 11.8 Å². The third kappa shape index (κ3) is 7.35. The van der Waals surface area contributed by atoms with E-state index in [-0.39, 0.29) is 29.8 Å². The van der Waals surface area contributed by atoms with Crippen LogP contribution in [0.4, 0.5) is 4.39 Å². The number of nitrogens with zero attached hydrogens (tertiary/aromatic N) is 4. The van der Waals surface area contributed by atoms with E-state index < -0.39 is 35.9 Å². The van der Waals surface area contributed by atoms with Gasteiger partial charge in [0.15, 0.2) is 6.10 Å². The van der Waals surface area contributed by atoms with Gasteiger partial charge in [0, 0.05) is 17.0 Å². The number of halogens is 1. The number of carbonyl (C=O) groups is 2. The van der Waals surface area contributed by atoms with Crippen molar-refractivity contribution in [2.45, 2.75) is 58.6 Å². The average Bonchev–Trinajstić information content (AvgIpc) is 3.66. The first kappa shape index (κ1) is 30.3. The Labute approximate surface area is 241 Å². The molecule has 0 fully saturated rings. The van der Waals surface area contributed by atoms with Gasteiger partial charge in [-0.3, -0.25) is 4.79 Å². The van der Waals surface area contributed by atoms with Crippen LogP contribution in [0.3, 0.4) is 0 Å². The highest BCUT2D eigenvalue weighted by Crippen LogP contribution is 2.28. The van der Waals surface area contributed by atoms with Crippen LogP contribution in [0.1, 0.15) is 75.2 Å². The van der Waals surface area contributed by atoms with Gasteiger partial charge in [-0.1, -0.05) is 37.2 Å². The van der Waals surface area contributed by atoms with Crippen LogP contribution < -0.4 is 10.1 Å². The lowest BCUT2D eigenvalue weighted by atomic mass is 10.0. The quantitative estimate of drug-likeness (QED) is 0.224. The van der Waals surface area contributed by atoms with Gasteiger partial charge >= 0.3 is 5.97 Å². The first-order chi connectivity index (χ1) is 20.0. The number of aliphatic hydroxyl groups is 1. The monoisotopic (exact) mass is 581 g/mol. The number of benzene rings is 2. The summed E-state index contributed by atoms with van der Waals surface area (Å²) in [6, 6.07) is 11.1. The Balaban J connectivity index is 1.42. The molecule has 13 heteroatoms. The first-order valence-electron chi connectivity index (χ1n) is 13.3. The standard InChI is InChI=1S/C29H32FN5O7/c1-6-22(40-19-10-7-17(8-11-19)24-31-27(16(2)3)41-34-24)28-32-25(35-42-28)18-9-12-20(21(30)13-18)26(38)33-29(4,5)15-39-23(37)14-36/h7-13,16,22,36H,6,14-15H2,1-5H3,(H,33,38)/t22-/m1/s1. The Hall–Kier alpha value is -4.65. The summed E-state index contributed by atoms with van der Waals surface area (Å²) in [5.74, 6) is -0.266. The predicted octanol–water partition coefficient (Wildman–Crippen LogP) is 4.62. The van der Waals surface area contributed by atoms with Gasteiger partial charge in [-0.15, -0.1) is 0 Å². The summed E-state index contributed by atoms with van der Waals surface area (Å²) in [6.45, 7) is 8.05. The zero-order valence-electron chi connectivity index (χ0n) is 23.9. The summed E-state index contributed by atoms with van der Waals surface area (Å²) in [6.07, 6.45) is -0.0464. The lowest BCUT2D eigenvalue weighted by Crippen LogP contribution is -2.47. The molecule has 222 valence electrons. The van der Waals surface area contributed by atoms with Crippen molar-refractivity contribution < 1.29 is 37.6 Å². The number of rotatable bonds is 12. The van der Waals surface area contributed by atoms with E-state index in [2.05, 4.69) is 25.6 Å². The highest BCUT2D eigenvalue weighted by atomic mass is 19.1. The lowest BCUT2D eigenvalue weighted by Gasteiger charge is -2.25. The summed E-state index contributed by atoms with van der Waals surface area (Å²) in [5, 5.41) is 19.4. The second-order valence-electron chi connectivity index (χ2n) is 10.5. The SMILES string of the molecule is CC[C@@H](Oc1ccc(-c2noc(C(C)C)n2)cc1)c1nc(-c2ccc(C(=O)NC(C)(C)COC(=O)CO)c(F)c2)no1. The average molecular weight is 582 g/mol. The maximum Gasteiger partial charge on any atom is 0.331 e. The van der Waals surface area contributed by atoms with Crippen LogP contribution in [0.2, 0.25) is 0 Å². The molecule has 42 heavy (non-hydrogen) atoms. The van der Waals surface area contributed by atoms with Gasteiger partial charge in [-0.2, -0.15) is 9.97 Å². The van der Waals surface area contributed by atoms with Crippen LogP contribution in [-0.4, -0.2) is 56.0 Å². The van der Waals surface area contributed by atoms with Crippen LogP contribution in [0.5, 0.6) is 5.75 Å². The van der Waals surface area contributed by atoms with Gasteiger partial charge in [0.1, 0.15) is 24.8 Å². The molecule has 4 aromatic rings. The maximum atomic E-state index is 14.9. The summed E-state index contributed by atoms with van der Waals surface area (Å²) >= 11 is 0. The topological polar surface area (TPSA) is 163 Å². The molecule has 2 heterocycles. The van der Waals surface area contributed by atoms with Crippen molar-refractivity contribution in [3.05, 3.63) is 65.6 Å². The molecular formula is C29H32FN5O7. The number of ether oxygens (including phenoxy) is 2. The third-order valence-corrected chi connectivity index (χ3v) is 6.06. The van der Waals surface area contributed by atoms with E-state index in [4.69, 9.17) is 23.6 Å². The summed E-state index contributed by atoms with van der Waals surface area (Å²) in [5.41, 5.74) is -0.146. The highest BCUT2D eigenvalue weighted by molar-refractivity contribution is 5.95. The van der Waals surface area contributed by atoms with Crippen molar-refractivity contribution in [3.8, 4) is 28.5 Å². The highest BCUT2D eigenvalue weighted by Gasteiger charge is 2.26. The van der Waals surface area contributed by atoms with E-state index in [0.717, 1.165) is 11.6 Å². The zero-order chi connectivity index (χ0) is 30.4. The molecular weight excluding hydrogens is 549 g/mol. The van der Waals surface area contributed by atoms with Gasteiger partial charge < -0.3 is 28.9 Å². The predicted molar refractivity (Wildman–Crippen MR) is 147 cm³/mol. The Bertz CT molecular complexity index is 1530. The molecule has 2 N–H and O–H groups in total. The summed E-state index contributed by atoms with van der Waals surface area (Å²) in [4.78, 5) is 32.6. The minimum atomic E-state index is -1.00. The number of aromatic nitrogens is 4. The summed E-state index contributed by atoms with van der Waals surface area (Å²) < 4.78 is 36.5. The Morgan fingerprint density at radius 3 is 2.21 bits per heavy atom. The van der Waals surface area contributed by atoms with Crippen molar-refractivity contribution in [2.24, 2.45) is 0 Å². The van der Waals surface area contributed by atoms with Crippen LogP contribution >= 0.6 is 0 Å². The molecule has 0 unspecified atom stereocenters. The van der Waals surface area contributed by atoms with Crippen LogP contribution in [0, 0.1) is 5.82 Å². The normalized spacial score (nSPS) is 12.3. The van der Waals surface area contributed by atoms with E-state index in [1.807, 2.05) is 32.9 Å². The molecule has 12 nitrogen and oxygen atoms in total. The number of hydrogen-bond acceptors (Lipinski definition) is 11. The van der Waals surface area contributed by atoms with E-state index in [1.54, 1.807) is 26.0 Å². The van der Waals surface area contributed by atoms with E-state index in [0.29, 0.717) is 29.4 Å². The molecule has 0 spiro atoms. The molecule has 2 aromatic heterocycles. The largest absolute Gasteiger partial charge is 0.481 e. The molecule has 0 aliphatic heterocycles. The van der Waals surface area contributed by atoms with Crippen LogP contribution in [0.25, 0.3) is 22.8 Å². The number of amides is 1. The Morgan fingerprint density at radius 1 is 1.00 bits per heavy atom. The third-order valence-electron chi connectivity index (χ3n) is 6.06. The lowest BCUT2D eigenvalue weighted by molar-refractivity contribution is -0.148. The summed E-state index contributed by atoms with van der Waals surface area (Å²) in [7, 11) is 0. The number of esters is 1. The number of hydrogen-bond donors (Lipinski definition) is 2. The number of aliphatic hydroxyl groups excluding tert-OH is 1. The van der Waals surface area contributed by atoms with Crippen LogP contribution in [0.15, 0.2) is 51.5 Å². The number of carbonyl (C=O) groups excluding carboxylic acids is 2. The second-order valence-corrected chi connectivity index (χ2v) is 10.5. The Kier molecular flexibility index (Phi) is 9.31. The molecule has 0 aliphatic rings. The van der Waals surface area contributed by atoms with Crippen molar-refractivity contribution in [1.29, 1.82) is 0 Å². The molecule has 0 aliphatic carbocycles. The van der Waals surface area contributed by atoms with Crippen molar-refractivity contribution >= 4 is 11.9 Å². The van der Waals surface area contributed by atoms with Gasteiger partial charge in [-0.25, -0.2) is 9.18 Å². The molecule has 4 rings (SSSR count). The van der Waals surface area contributed by atoms with Gasteiger partial charge in [0.05, 0.1) is 11.1 Å². The Morgan fingerprint density at radius 2 is 1.62 bits per heavy atom. The van der Waals surface area contributed by atoms with Gasteiger partial charge in [0.2, 0.25) is 17.5 Å². The van der Waals surface area contributed by atoms with Crippen LogP contribution in [-0.2, 0) is 9.53 Å². The fraction of sp³-hybridized carbons (Fsp3) is 0.379.